The molecular weight excluding hydrogens is 224 g/mol. The Morgan fingerprint density at radius 1 is 1.24 bits per heavy atom. The van der Waals surface area contributed by atoms with Gasteiger partial charge in [0, 0.05) is 6.42 Å². The maximum atomic E-state index is 11.3. The van der Waals surface area contributed by atoms with Crippen LogP contribution in [0.1, 0.15) is 32.6 Å². The molecule has 0 aromatic rings. The van der Waals surface area contributed by atoms with E-state index in [4.69, 9.17) is 4.74 Å². The smallest absolute Gasteiger partial charge is 0.309 e. The second-order valence-electron chi connectivity index (χ2n) is 4.51. The van der Waals surface area contributed by atoms with E-state index in [9.17, 15) is 20.1 Å². The van der Waals surface area contributed by atoms with E-state index in [1.165, 1.54) is 6.08 Å². The first kappa shape index (κ1) is 14.2. The van der Waals surface area contributed by atoms with Gasteiger partial charge < -0.3 is 20.1 Å². The molecule has 0 fully saturated rings. The number of esters is 1. The molecule has 1 rings (SSSR count). The molecule has 0 amide bonds. The van der Waals surface area contributed by atoms with Crippen molar-refractivity contribution in [2.24, 2.45) is 0 Å². The zero-order valence-electron chi connectivity index (χ0n) is 9.95. The summed E-state index contributed by atoms with van der Waals surface area (Å²) in [7, 11) is 0. The Morgan fingerprint density at radius 3 is 2.65 bits per heavy atom. The molecule has 1 aliphatic heterocycles. The fraction of sp³-hybridized carbons (Fsp3) is 0.750. The second kappa shape index (κ2) is 6.74. The summed E-state index contributed by atoms with van der Waals surface area (Å²) in [6, 6.07) is 0. The number of ether oxygens (including phenoxy) is 1. The number of cyclic esters (lactones) is 1. The molecular formula is C12H20O5. The molecule has 0 spiro atoms. The molecule has 0 aromatic heterocycles. The van der Waals surface area contributed by atoms with Crippen molar-refractivity contribution in [3.8, 4) is 0 Å². The molecule has 0 aliphatic carbocycles. The third-order valence-electron chi connectivity index (χ3n) is 2.62. The maximum absolute atomic E-state index is 11.3. The molecule has 17 heavy (non-hydrogen) atoms. The lowest BCUT2D eigenvalue weighted by Crippen LogP contribution is -2.26. The zero-order chi connectivity index (χ0) is 12.8. The van der Waals surface area contributed by atoms with Gasteiger partial charge >= 0.3 is 5.97 Å². The highest BCUT2D eigenvalue weighted by atomic mass is 16.5. The van der Waals surface area contributed by atoms with Gasteiger partial charge in [-0.25, -0.2) is 0 Å². The topological polar surface area (TPSA) is 87.0 Å². The highest BCUT2D eigenvalue weighted by molar-refractivity contribution is 5.70. The molecule has 5 nitrogen and oxygen atoms in total. The summed E-state index contributed by atoms with van der Waals surface area (Å²) in [6.45, 7) is 1.68. The van der Waals surface area contributed by atoms with E-state index in [2.05, 4.69) is 0 Å². The number of hydrogen-bond acceptors (Lipinski definition) is 5. The molecule has 0 bridgehead atoms. The summed E-state index contributed by atoms with van der Waals surface area (Å²) in [5.41, 5.74) is 0. The van der Waals surface area contributed by atoms with Crippen molar-refractivity contribution in [2.75, 3.05) is 0 Å². The molecule has 0 saturated heterocycles. The number of aliphatic hydroxyl groups is 3. The van der Waals surface area contributed by atoms with Crippen LogP contribution in [0.3, 0.4) is 0 Å². The van der Waals surface area contributed by atoms with Crippen molar-refractivity contribution >= 4 is 5.97 Å². The lowest BCUT2D eigenvalue weighted by atomic mass is 10.0. The highest BCUT2D eigenvalue weighted by Crippen LogP contribution is 2.13. The second-order valence-corrected chi connectivity index (χ2v) is 4.51. The average molecular weight is 244 g/mol. The van der Waals surface area contributed by atoms with Crippen LogP contribution in [-0.2, 0) is 9.53 Å². The van der Waals surface area contributed by atoms with Crippen LogP contribution in [-0.4, -0.2) is 45.7 Å². The third-order valence-corrected chi connectivity index (χ3v) is 2.62. The highest BCUT2D eigenvalue weighted by Gasteiger charge is 2.19. The first-order chi connectivity index (χ1) is 7.97. The number of hydrogen-bond donors (Lipinski definition) is 3. The molecule has 0 unspecified atom stereocenters. The number of carbonyl (C=O) groups is 1. The minimum Gasteiger partial charge on any atom is -0.462 e. The lowest BCUT2D eigenvalue weighted by Gasteiger charge is -2.20. The predicted molar refractivity (Wildman–Crippen MR) is 61.2 cm³/mol. The normalized spacial score (nSPS) is 38.7. The molecule has 0 aromatic carbocycles. The Kier molecular flexibility index (Phi) is 5.61. The van der Waals surface area contributed by atoms with Gasteiger partial charge in [0.05, 0.1) is 24.7 Å². The van der Waals surface area contributed by atoms with Crippen LogP contribution < -0.4 is 0 Å². The Balaban J connectivity index is 2.64. The predicted octanol–water partition coefficient (Wildman–Crippen LogP) is 0.131. The monoisotopic (exact) mass is 244 g/mol. The van der Waals surface area contributed by atoms with Crippen LogP contribution in [0.25, 0.3) is 0 Å². The molecule has 5 heteroatoms. The summed E-state index contributed by atoms with van der Waals surface area (Å²) in [5, 5.41) is 28.7. The van der Waals surface area contributed by atoms with E-state index in [0.717, 1.165) is 0 Å². The molecule has 0 saturated carbocycles. The third kappa shape index (κ3) is 5.81. The van der Waals surface area contributed by atoms with E-state index in [-0.39, 0.29) is 12.8 Å². The minimum absolute atomic E-state index is 0.104. The summed E-state index contributed by atoms with van der Waals surface area (Å²) in [5.74, 6) is -0.483. The number of aliphatic hydroxyl groups excluding tert-OH is 3. The fourth-order valence-corrected chi connectivity index (χ4v) is 1.84. The van der Waals surface area contributed by atoms with Crippen LogP contribution in [0, 0.1) is 0 Å². The quantitative estimate of drug-likeness (QED) is 0.416. The molecule has 1 aliphatic rings. The Morgan fingerprint density at radius 2 is 1.94 bits per heavy atom. The van der Waals surface area contributed by atoms with Crippen molar-refractivity contribution in [2.45, 2.75) is 57.0 Å². The first-order valence-electron chi connectivity index (χ1n) is 5.87. The SMILES string of the molecule is C[C@@H]1C[C@@H](O)C[C@@H](O)C/C=C\[C@@H](O)CC(=O)O1. The standard InChI is InChI=1S/C12H20O5/c1-8-5-11(15)6-9(13)3-2-4-10(14)7-12(16)17-8/h2,4,8-11,13-15H,3,5-7H2,1H3/b4-2-/t8-,9+,10-,11-/m1/s1. The molecule has 98 valence electrons. The van der Waals surface area contributed by atoms with E-state index < -0.39 is 30.4 Å². The van der Waals surface area contributed by atoms with E-state index in [1.807, 2.05) is 0 Å². The van der Waals surface area contributed by atoms with Crippen molar-refractivity contribution in [3.05, 3.63) is 12.2 Å². The minimum atomic E-state index is -0.883. The van der Waals surface area contributed by atoms with E-state index in [1.54, 1.807) is 13.0 Å². The van der Waals surface area contributed by atoms with Crippen LogP contribution in [0.15, 0.2) is 12.2 Å². The van der Waals surface area contributed by atoms with Gasteiger partial charge in [-0.3, -0.25) is 4.79 Å². The molecule has 0 radical (unpaired) electrons. The van der Waals surface area contributed by atoms with Crippen molar-refractivity contribution in [1.82, 2.24) is 0 Å². The largest absolute Gasteiger partial charge is 0.462 e. The molecule has 3 N–H and O–H groups in total. The average Bonchev–Trinajstić information content (AvgIpc) is 2.14. The summed E-state index contributed by atoms with van der Waals surface area (Å²) in [6.07, 6.45) is 1.23. The van der Waals surface area contributed by atoms with Gasteiger partial charge in [-0.1, -0.05) is 12.2 Å². The van der Waals surface area contributed by atoms with Gasteiger partial charge in [0.1, 0.15) is 6.10 Å². The van der Waals surface area contributed by atoms with Crippen LogP contribution >= 0.6 is 0 Å². The van der Waals surface area contributed by atoms with Crippen LogP contribution in [0.5, 0.6) is 0 Å². The summed E-state index contributed by atoms with van der Waals surface area (Å²) >= 11 is 0. The van der Waals surface area contributed by atoms with Gasteiger partial charge in [-0.15, -0.1) is 0 Å². The van der Waals surface area contributed by atoms with E-state index >= 15 is 0 Å². The van der Waals surface area contributed by atoms with Crippen LogP contribution in [0.2, 0.25) is 0 Å². The summed E-state index contributed by atoms with van der Waals surface area (Å²) < 4.78 is 5.02. The van der Waals surface area contributed by atoms with Gasteiger partial charge in [-0.05, 0) is 19.8 Å². The molecule has 1 heterocycles. The van der Waals surface area contributed by atoms with Crippen molar-refractivity contribution < 1.29 is 24.9 Å². The molecule has 4 atom stereocenters. The Labute approximate surface area is 101 Å². The fourth-order valence-electron chi connectivity index (χ4n) is 1.84. The van der Waals surface area contributed by atoms with Gasteiger partial charge in [0.25, 0.3) is 0 Å². The van der Waals surface area contributed by atoms with Gasteiger partial charge in [-0.2, -0.15) is 0 Å². The zero-order valence-corrected chi connectivity index (χ0v) is 9.95. The Bertz CT molecular complexity index is 276. The summed E-state index contributed by atoms with van der Waals surface area (Å²) in [4.78, 5) is 11.3. The van der Waals surface area contributed by atoms with Crippen molar-refractivity contribution in [1.29, 1.82) is 0 Å². The van der Waals surface area contributed by atoms with E-state index in [0.29, 0.717) is 12.8 Å². The maximum Gasteiger partial charge on any atom is 0.309 e. The first-order valence-corrected chi connectivity index (χ1v) is 5.87. The van der Waals surface area contributed by atoms with Crippen LogP contribution in [0.4, 0.5) is 0 Å². The number of carbonyl (C=O) groups excluding carboxylic acids is 1. The lowest BCUT2D eigenvalue weighted by molar-refractivity contribution is -0.151. The van der Waals surface area contributed by atoms with Gasteiger partial charge in [0.15, 0.2) is 0 Å². The van der Waals surface area contributed by atoms with Crippen molar-refractivity contribution in [3.63, 3.8) is 0 Å². The van der Waals surface area contributed by atoms with Gasteiger partial charge in [0.2, 0.25) is 0 Å². The number of rotatable bonds is 0. The Hall–Kier alpha value is -0.910.